The molecule has 0 radical (unpaired) electrons. The Balaban J connectivity index is 1.28. The van der Waals surface area contributed by atoms with Gasteiger partial charge in [-0.2, -0.15) is 0 Å². The van der Waals surface area contributed by atoms with Gasteiger partial charge in [0.1, 0.15) is 12.1 Å². The van der Waals surface area contributed by atoms with E-state index in [-0.39, 0.29) is 12.5 Å². The number of benzene rings is 3. The van der Waals surface area contributed by atoms with Gasteiger partial charge in [0.2, 0.25) is 5.91 Å². The van der Waals surface area contributed by atoms with Crippen molar-refractivity contribution in [2.75, 3.05) is 37.6 Å². The first-order valence-corrected chi connectivity index (χ1v) is 11.7. The van der Waals surface area contributed by atoms with Gasteiger partial charge < -0.3 is 15.1 Å². The van der Waals surface area contributed by atoms with Gasteiger partial charge in [0, 0.05) is 36.9 Å². The van der Waals surface area contributed by atoms with Crippen LogP contribution in [0, 0.1) is 0 Å². The van der Waals surface area contributed by atoms with E-state index in [2.05, 4.69) is 10.2 Å². The molecule has 0 aromatic heterocycles. The Kier molecular flexibility index (Phi) is 5.65. The summed E-state index contributed by atoms with van der Waals surface area (Å²) >= 11 is 6.10. The SMILES string of the molecule is CC1(c2cccc3ccccc23)NC(=O)N(CC(=O)N2CCN(c3cccc(Cl)c3)CC2)C1=O. The monoisotopic (exact) mass is 476 g/mol. The molecular formula is C26H25ClN4O3. The van der Waals surface area contributed by atoms with Crippen LogP contribution in [-0.4, -0.2) is 60.4 Å². The number of amides is 4. The van der Waals surface area contributed by atoms with Crippen LogP contribution < -0.4 is 10.2 Å². The van der Waals surface area contributed by atoms with Crippen LogP contribution in [0.3, 0.4) is 0 Å². The Hall–Kier alpha value is -3.58. The van der Waals surface area contributed by atoms with Crippen molar-refractivity contribution in [1.29, 1.82) is 0 Å². The van der Waals surface area contributed by atoms with Crippen molar-refractivity contribution >= 4 is 45.9 Å². The number of urea groups is 1. The topological polar surface area (TPSA) is 73.0 Å². The first kappa shape index (κ1) is 22.2. The number of halogens is 1. The second kappa shape index (κ2) is 8.65. The zero-order chi connectivity index (χ0) is 23.9. The highest BCUT2D eigenvalue weighted by Gasteiger charge is 2.50. The van der Waals surface area contributed by atoms with Crippen LogP contribution in [0.15, 0.2) is 66.7 Å². The average Bonchev–Trinajstić information content (AvgIpc) is 3.07. The second-order valence-electron chi connectivity index (χ2n) is 8.82. The van der Waals surface area contributed by atoms with Gasteiger partial charge in [-0.15, -0.1) is 0 Å². The minimum Gasteiger partial charge on any atom is -0.368 e. The van der Waals surface area contributed by atoms with Gasteiger partial charge in [-0.3, -0.25) is 14.5 Å². The lowest BCUT2D eigenvalue weighted by Gasteiger charge is -2.36. The molecule has 0 spiro atoms. The largest absolute Gasteiger partial charge is 0.368 e. The molecule has 7 nitrogen and oxygen atoms in total. The van der Waals surface area contributed by atoms with E-state index in [1.807, 2.05) is 66.7 Å². The number of nitrogens with zero attached hydrogens (tertiary/aromatic N) is 3. The number of imide groups is 1. The molecule has 2 heterocycles. The van der Waals surface area contributed by atoms with E-state index in [1.165, 1.54) is 0 Å². The quantitative estimate of drug-likeness (QED) is 0.584. The molecule has 4 amide bonds. The molecule has 0 saturated carbocycles. The minimum absolute atomic E-state index is 0.239. The second-order valence-corrected chi connectivity index (χ2v) is 9.26. The highest BCUT2D eigenvalue weighted by Crippen LogP contribution is 2.34. The highest BCUT2D eigenvalue weighted by molar-refractivity contribution is 6.30. The van der Waals surface area contributed by atoms with Crippen molar-refractivity contribution in [3.8, 4) is 0 Å². The van der Waals surface area contributed by atoms with Crippen LogP contribution in [0.2, 0.25) is 5.02 Å². The third kappa shape index (κ3) is 3.86. The fraction of sp³-hybridized carbons (Fsp3) is 0.269. The van der Waals surface area contributed by atoms with Gasteiger partial charge in [0.25, 0.3) is 5.91 Å². The molecule has 1 atom stereocenters. The van der Waals surface area contributed by atoms with Crippen molar-refractivity contribution in [3.05, 3.63) is 77.3 Å². The number of nitrogens with one attached hydrogen (secondary N) is 1. The van der Waals surface area contributed by atoms with Crippen molar-refractivity contribution in [3.63, 3.8) is 0 Å². The number of piperazine rings is 1. The molecule has 5 rings (SSSR count). The lowest BCUT2D eigenvalue weighted by Crippen LogP contribution is -2.52. The van der Waals surface area contributed by atoms with E-state index in [0.29, 0.717) is 36.8 Å². The van der Waals surface area contributed by atoms with Crippen LogP contribution in [0.25, 0.3) is 10.8 Å². The van der Waals surface area contributed by atoms with Crippen molar-refractivity contribution in [2.45, 2.75) is 12.5 Å². The van der Waals surface area contributed by atoms with Gasteiger partial charge in [-0.1, -0.05) is 60.1 Å². The van der Waals surface area contributed by atoms with Gasteiger partial charge >= 0.3 is 6.03 Å². The Bertz CT molecular complexity index is 1280. The molecule has 2 fully saturated rings. The van der Waals surface area contributed by atoms with Crippen molar-refractivity contribution in [1.82, 2.24) is 15.1 Å². The lowest BCUT2D eigenvalue weighted by atomic mass is 9.88. The summed E-state index contributed by atoms with van der Waals surface area (Å²) in [6, 6.07) is 20.5. The molecule has 3 aromatic carbocycles. The standard InChI is InChI=1S/C26H25ClN4O3/c1-26(22-11-4-7-18-6-2-3-10-21(18)22)24(33)31(25(34)28-26)17-23(32)30-14-12-29(13-15-30)20-9-5-8-19(27)16-20/h2-11,16H,12-15,17H2,1H3,(H,28,34). The van der Waals surface area contributed by atoms with E-state index in [9.17, 15) is 14.4 Å². The zero-order valence-corrected chi connectivity index (χ0v) is 19.6. The Morgan fingerprint density at radius 2 is 1.68 bits per heavy atom. The summed E-state index contributed by atoms with van der Waals surface area (Å²) in [5.74, 6) is -0.656. The van der Waals surface area contributed by atoms with E-state index in [0.717, 1.165) is 21.4 Å². The Morgan fingerprint density at radius 1 is 0.971 bits per heavy atom. The van der Waals surface area contributed by atoms with Crippen molar-refractivity contribution < 1.29 is 14.4 Å². The third-order valence-electron chi connectivity index (χ3n) is 6.70. The summed E-state index contributed by atoms with van der Waals surface area (Å²) in [4.78, 5) is 44.1. The average molecular weight is 477 g/mol. The summed E-state index contributed by atoms with van der Waals surface area (Å²) in [5.41, 5.74) is 0.498. The van der Waals surface area contributed by atoms with Crippen molar-refractivity contribution in [2.24, 2.45) is 0 Å². The molecule has 2 aliphatic heterocycles. The number of rotatable bonds is 4. The summed E-state index contributed by atoms with van der Waals surface area (Å²) < 4.78 is 0. The maximum Gasteiger partial charge on any atom is 0.325 e. The number of hydrogen-bond donors (Lipinski definition) is 1. The smallest absolute Gasteiger partial charge is 0.325 e. The molecule has 34 heavy (non-hydrogen) atoms. The van der Waals surface area contributed by atoms with Gasteiger partial charge in [-0.25, -0.2) is 4.79 Å². The number of carbonyl (C=O) groups is 3. The van der Waals surface area contributed by atoms with Crippen LogP contribution in [-0.2, 0) is 15.1 Å². The van der Waals surface area contributed by atoms with Gasteiger partial charge in [0.05, 0.1) is 0 Å². The lowest BCUT2D eigenvalue weighted by molar-refractivity contribution is -0.139. The fourth-order valence-corrected chi connectivity index (χ4v) is 4.99. The Labute approximate surface area is 202 Å². The number of fused-ring (bicyclic) bond motifs is 1. The van der Waals surface area contributed by atoms with Crippen LogP contribution in [0.4, 0.5) is 10.5 Å². The first-order valence-electron chi connectivity index (χ1n) is 11.3. The molecule has 1 unspecified atom stereocenters. The molecule has 2 saturated heterocycles. The summed E-state index contributed by atoms with van der Waals surface area (Å²) in [5, 5.41) is 5.37. The Morgan fingerprint density at radius 3 is 2.44 bits per heavy atom. The normalized spacial score (nSPS) is 20.7. The zero-order valence-electron chi connectivity index (χ0n) is 18.8. The molecule has 1 N–H and O–H groups in total. The molecule has 0 bridgehead atoms. The highest BCUT2D eigenvalue weighted by atomic mass is 35.5. The minimum atomic E-state index is -1.23. The third-order valence-corrected chi connectivity index (χ3v) is 6.94. The molecule has 0 aliphatic carbocycles. The predicted molar refractivity (Wildman–Crippen MR) is 132 cm³/mol. The van der Waals surface area contributed by atoms with Gasteiger partial charge in [-0.05, 0) is 41.5 Å². The van der Waals surface area contributed by atoms with Crippen LogP contribution in [0.5, 0.6) is 0 Å². The number of carbonyl (C=O) groups excluding carboxylic acids is 3. The van der Waals surface area contributed by atoms with Crippen LogP contribution >= 0.6 is 11.6 Å². The van der Waals surface area contributed by atoms with E-state index < -0.39 is 17.5 Å². The molecule has 174 valence electrons. The maximum absolute atomic E-state index is 13.4. The summed E-state index contributed by atoms with van der Waals surface area (Å²) in [6.07, 6.45) is 0. The summed E-state index contributed by atoms with van der Waals surface area (Å²) in [7, 11) is 0. The van der Waals surface area contributed by atoms with Crippen LogP contribution in [0.1, 0.15) is 12.5 Å². The molecule has 2 aliphatic rings. The maximum atomic E-state index is 13.4. The number of anilines is 1. The predicted octanol–water partition coefficient (Wildman–Crippen LogP) is 3.61. The molecular weight excluding hydrogens is 452 g/mol. The molecule has 8 heteroatoms. The molecule has 3 aromatic rings. The van der Waals surface area contributed by atoms with E-state index in [1.54, 1.807) is 11.8 Å². The van der Waals surface area contributed by atoms with Gasteiger partial charge in [0.15, 0.2) is 0 Å². The van der Waals surface area contributed by atoms with E-state index >= 15 is 0 Å². The fourth-order valence-electron chi connectivity index (χ4n) is 4.81. The summed E-state index contributed by atoms with van der Waals surface area (Å²) in [6.45, 7) is 3.75. The number of hydrogen-bond acceptors (Lipinski definition) is 4. The van der Waals surface area contributed by atoms with E-state index in [4.69, 9.17) is 11.6 Å². The first-order chi connectivity index (χ1) is 16.4.